The summed E-state index contributed by atoms with van der Waals surface area (Å²) in [5.41, 5.74) is 7.80. The lowest BCUT2D eigenvalue weighted by atomic mass is 10.2. The number of imidazole rings is 1. The first-order valence-electron chi connectivity index (χ1n) is 5.62. The van der Waals surface area contributed by atoms with Gasteiger partial charge in [-0.05, 0) is 28.1 Å². The largest absolute Gasteiger partial charge is 0.409 e. The van der Waals surface area contributed by atoms with Crippen LogP contribution < -0.4 is 5.73 Å². The molecule has 0 bridgehead atoms. The molecule has 100 valence electrons. The normalized spacial score (nSPS) is 11.9. The number of aromatic nitrogens is 4. The number of oxime groups is 1. The van der Waals surface area contributed by atoms with Crippen molar-refractivity contribution in [2.45, 2.75) is 0 Å². The lowest BCUT2D eigenvalue weighted by molar-refractivity contribution is 0.318. The first kappa shape index (κ1) is 12.5. The first-order valence-corrected chi connectivity index (χ1v) is 6.42. The number of pyridine rings is 2. The molecule has 0 aliphatic rings. The van der Waals surface area contributed by atoms with Crippen molar-refractivity contribution in [3.05, 3.63) is 47.2 Å². The van der Waals surface area contributed by atoms with E-state index in [1.165, 1.54) is 0 Å². The fourth-order valence-corrected chi connectivity index (χ4v) is 2.24. The third-order valence-corrected chi connectivity index (χ3v) is 3.19. The zero-order valence-electron chi connectivity index (χ0n) is 10.1. The van der Waals surface area contributed by atoms with Gasteiger partial charge in [0.1, 0.15) is 5.52 Å². The highest BCUT2D eigenvalue weighted by Gasteiger charge is 2.13. The van der Waals surface area contributed by atoms with Gasteiger partial charge in [0.05, 0.1) is 11.2 Å². The van der Waals surface area contributed by atoms with Gasteiger partial charge in [-0.3, -0.25) is 14.5 Å². The lowest BCUT2D eigenvalue weighted by Gasteiger charge is -2.09. The van der Waals surface area contributed by atoms with Crippen LogP contribution in [0, 0.1) is 0 Å². The summed E-state index contributed by atoms with van der Waals surface area (Å²) in [4.78, 5) is 12.7. The van der Waals surface area contributed by atoms with E-state index in [2.05, 4.69) is 36.0 Å². The van der Waals surface area contributed by atoms with Crippen LogP contribution in [-0.4, -0.2) is 30.6 Å². The number of hydrogen-bond acceptors (Lipinski definition) is 5. The van der Waals surface area contributed by atoms with E-state index in [1.807, 2.05) is 6.07 Å². The Balaban J connectivity index is 2.28. The molecule has 0 aliphatic heterocycles. The molecule has 0 unspecified atom stereocenters. The third-order valence-electron chi connectivity index (χ3n) is 2.76. The highest BCUT2D eigenvalue weighted by atomic mass is 79.9. The zero-order chi connectivity index (χ0) is 14.1. The SMILES string of the molecule is N/C(=N/O)c1nccn1-c1ccnc2cc(Br)cnc12. The molecule has 0 spiro atoms. The Hall–Kier alpha value is -2.48. The number of nitrogens with zero attached hydrogens (tertiary/aromatic N) is 5. The van der Waals surface area contributed by atoms with E-state index in [0.717, 1.165) is 15.7 Å². The van der Waals surface area contributed by atoms with Crippen molar-refractivity contribution in [3.8, 4) is 5.69 Å². The fourth-order valence-electron chi connectivity index (χ4n) is 1.92. The minimum absolute atomic E-state index is 0.0722. The Morgan fingerprint density at radius 3 is 2.95 bits per heavy atom. The van der Waals surface area contributed by atoms with E-state index in [4.69, 9.17) is 10.9 Å². The molecule has 3 aromatic heterocycles. The maximum absolute atomic E-state index is 8.80. The maximum atomic E-state index is 8.80. The fraction of sp³-hybridized carbons (Fsp3) is 0. The molecule has 0 atom stereocenters. The quantitative estimate of drug-likeness (QED) is 0.321. The summed E-state index contributed by atoms with van der Waals surface area (Å²) in [7, 11) is 0. The lowest BCUT2D eigenvalue weighted by Crippen LogP contribution is -2.19. The molecule has 3 heterocycles. The van der Waals surface area contributed by atoms with Gasteiger partial charge in [0.25, 0.3) is 0 Å². The molecule has 0 amide bonds. The second kappa shape index (κ2) is 4.89. The van der Waals surface area contributed by atoms with Gasteiger partial charge in [-0.2, -0.15) is 0 Å². The molecule has 20 heavy (non-hydrogen) atoms. The van der Waals surface area contributed by atoms with Crippen molar-refractivity contribution in [2.24, 2.45) is 10.9 Å². The van der Waals surface area contributed by atoms with Crippen LogP contribution in [0.25, 0.3) is 16.7 Å². The summed E-state index contributed by atoms with van der Waals surface area (Å²) >= 11 is 3.36. The van der Waals surface area contributed by atoms with Gasteiger partial charge < -0.3 is 10.9 Å². The van der Waals surface area contributed by atoms with Crippen LogP contribution >= 0.6 is 15.9 Å². The Bertz CT molecular complexity index is 813. The van der Waals surface area contributed by atoms with Gasteiger partial charge in [0.2, 0.25) is 5.84 Å². The van der Waals surface area contributed by atoms with Crippen LogP contribution in [0.4, 0.5) is 0 Å². The number of amidine groups is 1. The van der Waals surface area contributed by atoms with E-state index >= 15 is 0 Å². The summed E-state index contributed by atoms with van der Waals surface area (Å²) in [5.74, 6) is 0.266. The number of rotatable bonds is 2. The van der Waals surface area contributed by atoms with Crippen molar-refractivity contribution >= 4 is 32.8 Å². The Morgan fingerprint density at radius 1 is 1.30 bits per heavy atom. The summed E-state index contributed by atoms with van der Waals surface area (Å²) in [6.07, 6.45) is 6.64. The molecule has 3 rings (SSSR count). The number of fused-ring (bicyclic) bond motifs is 1. The van der Waals surface area contributed by atoms with Crippen molar-refractivity contribution in [3.63, 3.8) is 0 Å². The van der Waals surface area contributed by atoms with Crippen LogP contribution in [0.5, 0.6) is 0 Å². The predicted octanol–water partition coefficient (Wildman–Crippen LogP) is 1.67. The van der Waals surface area contributed by atoms with Gasteiger partial charge >= 0.3 is 0 Å². The molecule has 3 N–H and O–H groups in total. The minimum atomic E-state index is -0.0722. The molecule has 0 aliphatic carbocycles. The first-order chi connectivity index (χ1) is 9.70. The van der Waals surface area contributed by atoms with E-state index in [-0.39, 0.29) is 5.84 Å². The molecular weight excluding hydrogens is 324 g/mol. The molecule has 0 saturated carbocycles. The molecule has 0 aromatic carbocycles. The van der Waals surface area contributed by atoms with Gasteiger partial charge in [0.15, 0.2) is 5.82 Å². The highest BCUT2D eigenvalue weighted by Crippen LogP contribution is 2.22. The van der Waals surface area contributed by atoms with Crippen LogP contribution in [0.1, 0.15) is 5.82 Å². The van der Waals surface area contributed by atoms with E-state index in [0.29, 0.717) is 11.3 Å². The zero-order valence-corrected chi connectivity index (χ0v) is 11.7. The van der Waals surface area contributed by atoms with Crippen molar-refractivity contribution in [1.29, 1.82) is 0 Å². The van der Waals surface area contributed by atoms with Crippen molar-refractivity contribution in [1.82, 2.24) is 19.5 Å². The topological polar surface area (TPSA) is 102 Å². The highest BCUT2D eigenvalue weighted by molar-refractivity contribution is 9.10. The van der Waals surface area contributed by atoms with E-state index in [9.17, 15) is 0 Å². The van der Waals surface area contributed by atoms with E-state index in [1.54, 1.807) is 35.4 Å². The molecule has 0 saturated heterocycles. The van der Waals surface area contributed by atoms with Crippen molar-refractivity contribution in [2.75, 3.05) is 0 Å². The van der Waals surface area contributed by atoms with Crippen LogP contribution in [0.15, 0.2) is 46.5 Å². The van der Waals surface area contributed by atoms with Gasteiger partial charge in [-0.1, -0.05) is 5.16 Å². The molecule has 0 fully saturated rings. The Morgan fingerprint density at radius 2 is 2.15 bits per heavy atom. The average Bonchev–Trinajstić information content (AvgIpc) is 2.94. The second-order valence-corrected chi connectivity index (χ2v) is 4.87. The molecular formula is C12H9BrN6O. The molecule has 3 aromatic rings. The summed E-state index contributed by atoms with van der Waals surface area (Å²) in [5, 5.41) is 11.8. The number of hydrogen-bond donors (Lipinski definition) is 2. The summed E-state index contributed by atoms with van der Waals surface area (Å²) in [6.45, 7) is 0. The van der Waals surface area contributed by atoms with Gasteiger partial charge in [-0.25, -0.2) is 4.98 Å². The van der Waals surface area contributed by atoms with Crippen LogP contribution in [0.2, 0.25) is 0 Å². The number of nitrogens with two attached hydrogens (primary N) is 1. The average molecular weight is 333 g/mol. The van der Waals surface area contributed by atoms with Gasteiger partial charge in [-0.15, -0.1) is 0 Å². The number of halogens is 1. The van der Waals surface area contributed by atoms with Crippen LogP contribution in [-0.2, 0) is 0 Å². The Labute approximate surface area is 121 Å². The summed E-state index contributed by atoms with van der Waals surface area (Å²) < 4.78 is 2.54. The minimum Gasteiger partial charge on any atom is -0.409 e. The predicted molar refractivity (Wildman–Crippen MR) is 76.9 cm³/mol. The maximum Gasteiger partial charge on any atom is 0.206 e. The smallest absolute Gasteiger partial charge is 0.206 e. The van der Waals surface area contributed by atoms with E-state index < -0.39 is 0 Å². The molecule has 0 radical (unpaired) electrons. The summed E-state index contributed by atoms with van der Waals surface area (Å²) in [6, 6.07) is 3.66. The molecule has 8 heteroatoms. The Kier molecular flexibility index (Phi) is 3.07. The van der Waals surface area contributed by atoms with Crippen molar-refractivity contribution < 1.29 is 5.21 Å². The second-order valence-electron chi connectivity index (χ2n) is 3.96. The monoisotopic (exact) mass is 332 g/mol. The standard InChI is InChI=1S/C12H9BrN6O/c13-7-5-8-10(17-6-7)9(1-2-15-8)19-4-3-16-12(19)11(14)18-20/h1-6,20H,(H2,14,18). The molecule has 7 nitrogen and oxygen atoms in total. The van der Waals surface area contributed by atoms with Crippen LogP contribution in [0.3, 0.4) is 0 Å². The third kappa shape index (κ3) is 1.99. The van der Waals surface area contributed by atoms with Gasteiger partial charge in [0, 0.05) is 29.3 Å².